The first-order valence-corrected chi connectivity index (χ1v) is 15.0. The Morgan fingerprint density at radius 1 is 0.917 bits per heavy atom. The number of rotatable bonds is 14. The van der Waals surface area contributed by atoms with Crippen molar-refractivity contribution >= 4 is 35.7 Å². The van der Waals surface area contributed by atoms with Gasteiger partial charge < -0.3 is 39.1 Å². The van der Waals surface area contributed by atoms with E-state index in [4.69, 9.17) is 28.4 Å². The second-order valence-corrected chi connectivity index (χ2v) is 10.9. The summed E-state index contributed by atoms with van der Waals surface area (Å²) in [5, 5.41) is 5.29. The maximum absolute atomic E-state index is 13.2. The molecule has 0 bridgehead atoms. The van der Waals surface area contributed by atoms with Gasteiger partial charge in [-0.1, -0.05) is 48.5 Å². The third-order valence-electron chi connectivity index (χ3n) is 7.20. The van der Waals surface area contributed by atoms with E-state index in [1.807, 2.05) is 30.3 Å². The SMILES string of the molecule is C=CCO[C@]1(C(=O)OC)C[C@@H](OC(C)=O)[C@@H](NC(C)=O)C([C@H](OC(C)=O)[C@@H](CNC(=O)c2ccc(-c3ccccc3)cc2)OC(C)=O)O1. The highest BCUT2D eigenvalue weighted by molar-refractivity contribution is 5.94. The number of esters is 4. The van der Waals surface area contributed by atoms with Crippen LogP contribution in [0, 0.1) is 0 Å². The molecule has 2 aromatic carbocycles. The molecule has 2 N–H and O–H groups in total. The minimum absolute atomic E-state index is 0.232. The van der Waals surface area contributed by atoms with E-state index in [1.165, 1.54) is 13.0 Å². The van der Waals surface area contributed by atoms with Gasteiger partial charge in [0.25, 0.3) is 11.7 Å². The quantitative estimate of drug-likeness (QED) is 0.170. The van der Waals surface area contributed by atoms with Crippen molar-refractivity contribution < 1.29 is 57.2 Å². The Balaban J connectivity index is 2.03. The summed E-state index contributed by atoms with van der Waals surface area (Å²) in [5.41, 5.74) is 2.12. The summed E-state index contributed by atoms with van der Waals surface area (Å²) in [6, 6.07) is 15.0. The van der Waals surface area contributed by atoms with Gasteiger partial charge in [-0.05, 0) is 23.3 Å². The van der Waals surface area contributed by atoms with E-state index in [0.29, 0.717) is 0 Å². The first kappa shape index (κ1) is 37.4. The summed E-state index contributed by atoms with van der Waals surface area (Å²) in [4.78, 5) is 75.9. The number of methoxy groups -OCH3 is 1. The fourth-order valence-electron chi connectivity index (χ4n) is 5.31. The standard InChI is InChI=1S/C34H40N2O12/c1-7-17-44-34(33(42)43-6)18-27(45-21(3)38)29(36-20(2)37)31(48-34)30(47-23(5)40)28(46-22(4)39)19-35-32(41)26-15-13-25(14-16-26)24-11-9-8-10-12-24/h7-16,27-31H,1,17-19H2,2-6H3,(H,35,41)(H,36,37)/t27-,28-,29-,30-,31?,34-/m1/s1. The lowest BCUT2D eigenvalue weighted by atomic mass is 9.87. The molecular formula is C34H40N2O12. The van der Waals surface area contributed by atoms with Gasteiger partial charge in [-0.2, -0.15) is 0 Å². The Morgan fingerprint density at radius 3 is 2.08 bits per heavy atom. The van der Waals surface area contributed by atoms with Crippen molar-refractivity contribution in [1.82, 2.24) is 10.6 Å². The van der Waals surface area contributed by atoms with E-state index < -0.39 is 84.9 Å². The van der Waals surface area contributed by atoms with E-state index in [-0.39, 0.29) is 12.2 Å². The molecule has 48 heavy (non-hydrogen) atoms. The molecule has 3 rings (SSSR count). The van der Waals surface area contributed by atoms with E-state index in [1.54, 1.807) is 24.3 Å². The Labute approximate surface area is 278 Å². The van der Waals surface area contributed by atoms with Crippen LogP contribution < -0.4 is 10.6 Å². The molecule has 14 nitrogen and oxygen atoms in total. The van der Waals surface area contributed by atoms with Gasteiger partial charge in [0.05, 0.1) is 32.7 Å². The molecule has 1 heterocycles. The van der Waals surface area contributed by atoms with Gasteiger partial charge in [0, 0.05) is 33.3 Å². The summed E-state index contributed by atoms with van der Waals surface area (Å²) in [6.07, 6.45) is -5.06. The van der Waals surface area contributed by atoms with E-state index in [0.717, 1.165) is 39.0 Å². The number of ether oxygens (including phenoxy) is 6. The molecule has 2 amide bonds. The zero-order valence-corrected chi connectivity index (χ0v) is 27.4. The third kappa shape index (κ3) is 9.96. The lowest BCUT2D eigenvalue weighted by molar-refractivity contribution is -0.310. The van der Waals surface area contributed by atoms with E-state index in [2.05, 4.69) is 17.2 Å². The first-order chi connectivity index (χ1) is 22.8. The minimum atomic E-state index is -2.26. The second-order valence-electron chi connectivity index (χ2n) is 10.9. The van der Waals surface area contributed by atoms with Crippen molar-refractivity contribution in [1.29, 1.82) is 0 Å². The summed E-state index contributed by atoms with van der Waals surface area (Å²) in [5.74, 6) is -6.89. The van der Waals surface area contributed by atoms with Gasteiger partial charge in [-0.15, -0.1) is 6.58 Å². The Morgan fingerprint density at radius 2 is 1.54 bits per heavy atom. The molecule has 1 fully saturated rings. The normalized spacial score (nSPS) is 21.4. The molecule has 0 spiro atoms. The molecule has 1 unspecified atom stereocenters. The van der Waals surface area contributed by atoms with Crippen LogP contribution in [0.3, 0.4) is 0 Å². The van der Waals surface area contributed by atoms with Crippen LogP contribution in [0.1, 0.15) is 44.5 Å². The van der Waals surface area contributed by atoms with Crippen LogP contribution in [0.5, 0.6) is 0 Å². The van der Waals surface area contributed by atoms with Crippen LogP contribution in [0.25, 0.3) is 11.1 Å². The van der Waals surface area contributed by atoms with Crippen LogP contribution in [-0.2, 0) is 52.4 Å². The van der Waals surface area contributed by atoms with E-state index in [9.17, 15) is 28.8 Å². The molecule has 1 saturated heterocycles. The molecule has 0 saturated carbocycles. The fraction of sp³-hybridized carbons (Fsp3) is 0.412. The van der Waals surface area contributed by atoms with Crippen molar-refractivity contribution in [3.8, 4) is 11.1 Å². The largest absolute Gasteiger partial charge is 0.465 e. The van der Waals surface area contributed by atoms with Crippen LogP contribution in [0.2, 0.25) is 0 Å². The minimum Gasteiger partial charge on any atom is -0.465 e. The van der Waals surface area contributed by atoms with Crippen molar-refractivity contribution in [2.24, 2.45) is 0 Å². The summed E-state index contributed by atoms with van der Waals surface area (Å²) in [7, 11) is 1.08. The fourth-order valence-corrected chi connectivity index (χ4v) is 5.31. The first-order valence-electron chi connectivity index (χ1n) is 15.0. The van der Waals surface area contributed by atoms with Gasteiger partial charge in [-0.3, -0.25) is 24.0 Å². The van der Waals surface area contributed by atoms with Crippen LogP contribution in [-0.4, -0.2) is 92.2 Å². The van der Waals surface area contributed by atoms with Gasteiger partial charge in [0.2, 0.25) is 5.91 Å². The molecule has 2 aromatic rings. The van der Waals surface area contributed by atoms with Gasteiger partial charge in [0.1, 0.15) is 12.2 Å². The molecule has 0 aromatic heterocycles. The predicted molar refractivity (Wildman–Crippen MR) is 169 cm³/mol. The van der Waals surface area contributed by atoms with Crippen molar-refractivity contribution in [3.63, 3.8) is 0 Å². The summed E-state index contributed by atoms with van der Waals surface area (Å²) < 4.78 is 33.6. The van der Waals surface area contributed by atoms with Crippen molar-refractivity contribution in [2.45, 2.75) is 70.4 Å². The highest BCUT2D eigenvalue weighted by Crippen LogP contribution is 2.37. The topological polar surface area (TPSA) is 182 Å². The average Bonchev–Trinajstić information content (AvgIpc) is 3.05. The van der Waals surface area contributed by atoms with Crippen LogP contribution in [0.15, 0.2) is 67.3 Å². The highest BCUT2D eigenvalue weighted by atomic mass is 16.7. The number of carbonyl (C=O) groups excluding carboxylic acids is 6. The Hall–Kier alpha value is -5.08. The van der Waals surface area contributed by atoms with Crippen LogP contribution in [0.4, 0.5) is 0 Å². The maximum atomic E-state index is 13.2. The lowest BCUT2D eigenvalue weighted by Gasteiger charge is -2.48. The summed E-state index contributed by atoms with van der Waals surface area (Å²) >= 11 is 0. The Bertz CT molecular complexity index is 1480. The molecule has 0 aliphatic carbocycles. The number of hydrogen-bond acceptors (Lipinski definition) is 12. The van der Waals surface area contributed by atoms with Crippen molar-refractivity contribution in [3.05, 3.63) is 72.8 Å². The van der Waals surface area contributed by atoms with E-state index >= 15 is 0 Å². The number of carbonyl (C=O) groups is 6. The number of hydrogen-bond donors (Lipinski definition) is 2. The zero-order valence-electron chi connectivity index (χ0n) is 27.4. The lowest BCUT2D eigenvalue weighted by Crippen LogP contribution is -2.69. The molecule has 0 radical (unpaired) electrons. The van der Waals surface area contributed by atoms with Crippen molar-refractivity contribution in [2.75, 3.05) is 20.3 Å². The zero-order chi connectivity index (χ0) is 35.4. The summed E-state index contributed by atoms with van der Waals surface area (Å²) in [6.45, 7) is 7.41. The van der Waals surface area contributed by atoms with Gasteiger partial charge in [-0.25, -0.2) is 4.79 Å². The number of benzene rings is 2. The second kappa shape index (κ2) is 17.2. The number of amides is 2. The van der Waals surface area contributed by atoms with Crippen LogP contribution >= 0.6 is 0 Å². The molecule has 14 heteroatoms. The molecule has 1 aliphatic rings. The molecular weight excluding hydrogens is 628 g/mol. The van der Waals surface area contributed by atoms with Gasteiger partial charge in [0.15, 0.2) is 12.2 Å². The predicted octanol–water partition coefficient (Wildman–Crippen LogP) is 2.24. The monoisotopic (exact) mass is 668 g/mol. The number of nitrogens with one attached hydrogen (secondary N) is 2. The highest BCUT2D eigenvalue weighted by Gasteiger charge is 2.59. The molecule has 258 valence electrons. The smallest absolute Gasteiger partial charge is 0.366 e. The maximum Gasteiger partial charge on any atom is 0.366 e. The third-order valence-corrected chi connectivity index (χ3v) is 7.20. The molecule has 1 aliphatic heterocycles. The van der Waals surface area contributed by atoms with Gasteiger partial charge >= 0.3 is 23.9 Å². The Kier molecular flexibility index (Phi) is 13.4. The molecule has 6 atom stereocenters. The average molecular weight is 669 g/mol.